The van der Waals surface area contributed by atoms with Crippen LogP contribution >= 0.6 is 0 Å². The van der Waals surface area contributed by atoms with Crippen LogP contribution in [-0.2, 0) is 0 Å². The summed E-state index contributed by atoms with van der Waals surface area (Å²) < 4.78 is 1.91. The third-order valence-electron chi connectivity index (χ3n) is 4.15. The van der Waals surface area contributed by atoms with E-state index in [1.165, 1.54) is 18.2 Å². The Morgan fingerprint density at radius 2 is 2.04 bits per heavy atom. The minimum Gasteiger partial charge on any atom is -0.545 e. The van der Waals surface area contributed by atoms with Gasteiger partial charge in [-0.1, -0.05) is 12.1 Å². The van der Waals surface area contributed by atoms with Crippen LogP contribution in [0.25, 0.3) is 5.69 Å². The van der Waals surface area contributed by atoms with Gasteiger partial charge in [-0.2, -0.15) is 5.10 Å². The number of aromatic nitrogens is 2. The lowest BCUT2D eigenvalue weighted by Gasteiger charge is -2.11. The molecule has 3 rings (SSSR count). The molecule has 0 radical (unpaired) electrons. The van der Waals surface area contributed by atoms with Crippen LogP contribution < -0.4 is 10.5 Å². The Balaban J connectivity index is 1.81. The lowest BCUT2D eigenvalue weighted by molar-refractivity contribution is -0.385. The second-order valence-electron chi connectivity index (χ2n) is 6.03. The zero-order valence-electron chi connectivity index (χ0n) is 15.1. The first-order valence-electron chi connectivity index (χ1n) is 8.27. The van der Waals surface area contributed by atoms with E-state index in [-0.39, 0.29) is 11.3 Å². The van der Waals surface area contributed by atoms with E-state index in [1.54, 1.807) is 18.3 Å². The molecule has 0 atom stereocenters. The number of aromatic carboxylic acids is 1. The number of carboxylic acid groups (broad SMARTS) is 1. The number of benzene rings is 1. The highest BCUT2D eigenvalue weighted by molar-refractivity contribution is 5.87. The minimum atomic E-state index is -1.23. The molecule has 0 aliphatic heterocycles. The summed E-state index contributed by atoms with van der Waals surface area (Å²) in [5.41, 5.74) is 6.03. The van der Waals surface area contributed by atoms with Crippen molar-refractivity contribution in [1.82, 2.24) is 9.55 Å². The summed E-state index contributed by atoms with van der Waals surface area (Å²) in [6.07, 6.45) is 2.75. The quantitative estimate of drug-likeness (QED) is 0.398. The Morgan fingerprint density at radius 1 is 1.25 bits per heavy atom. The molecule has 1 N–H and O–H groups in total. The van der Waals surface area contributed by atoms with Crippen molar-refractivity contribution >= 4 is 23.7 Å². The van der Waals surface area contributed by atoms with Crippen LogP contribution in [0.3, 0.4) is 0 Å². The fourth-order valence-corrected chi connectivity index (χ4v) is 2.82. The van der Waals surface area contributed by atoms with Gasteiger partial charge in [0.15, 0.2) is 0 Å². The third-order valence-corrected chi connectivity index (χ3v) is 4.15. The Hall–Kier alpha value is -4.01. The van der Waals surface area contributed by atoms with Crippen molar-refractivity contribution < 1.29 is 14.8 Å². The number of hydrazone groups is 1. The standard InChI is InChI=1S/C19H17N5O4/c1-12-8-15(10-21-22-18-7-6-17(11-20-18)24(27)28)13(2)23(12)16-5-3-4-14(9-16)19(25)26/h3-11H,1-2H3,(H,20,22)(H,25,26)/p-1/b21-10-. The fourth-order valence-electron chi connectivity index (χ4n) is 2.82. The summed E-state index contributed by atoms with van der Waals surface area (Å²) >= 11 is 0. The number of nitro groups is 1. The summed E-state index contributed by atoms with van der Waals surface area (Å²) in [6.45, 7) is 3.80. The molecule has 0 bridgehead atoms. The molecule has 0 spiro atoms. The van der Waals surface area contributed by atoms with Gasteiger partial charge in [-0.05, 0) is 43.7 Å². The second-order valence-corrected chi connectivity index (χ2v) is 6.03. The molecular formula is C19H16N5O4-. The average Bonchev–Trinajstić information content (AvgIpc) is 2.95. The third kappa shape index (κ3) is 3.88. The molecule has 0 unspecified atom stereocenters. The maximum absolute atomic E-state index is 11.1. The molecule has 2 aromatic heterocycles. The van der Waals surface area contributed by atoms with E-state index in [9.17, 15) is 20.0 Å². The first kappa shape index (κ1) is 18.8. The zero-order valence-corrected chi connectivity index (χ0v) is 15.1. The predicted molar refractivity (Wildman–Crippen MR) is 102 cm³/mol. The lowest BCUT2D eigenvalue weighted by Crippen LogP contribution is -2.22. The van der Waals surface area contributed by atoms with Gasteiger partial charge in [0, 0.05) is 28.7 Å². The number of nitrogens with one attached hydrogen (secondary N) is 1. The van der Waals surface area contributed by atoms with Gasteiger partial charge < -0.3 is 14.5 Å². The Morgan fingerprint density at radius 3 is 2.68 bits per heavy atom. The molecule has 0 fully saturated rings. The minimum absolute atomic E-state index is 0.100. The number of hydrogen-bond acceptors (Lipinski definition) is 7. The molecule has 0 saturated carbocycles. The molecule has 142 valence electrons. The van der Waals surface area contributed by atoms with Gasteiger partial charge in [-0.15, -0.1) is 0 Å². The summed E-state index contributed by atoms with van der Waals surface area (Å²) in [6, 6.07) is 11.2. The monoisotopic (exact) mass is 378 g/mol. The van der Waals surface area contributed by atoms with Crippen LogP contribution in [0, 0.1) is 24.0 Å². The van der Waals surface area contributed by atoms with Gasteiger partial charge in [0.1, 0.15) is 12.0 Å². The molecule has 0 aliphatic rings. The molecule has 28 heavy (non-hydrogen) atoms. The Bertz CT molecular complexity index is 1070. The molecule has 0 aliphatic carbocycles. The van der Waals surface area contributed by atoms with E-state index in [0.717, 1.165) is 23.1 Å². The number of anilines is 1. The van der Waals surface area contributed by atoms with Crippen molar-refractivity contribution in [3.05, 3.63) is 81.3 Å². The smallest absolute Gasteiger partial charge is 0.287 e. The molecule has 9 nitrogen and oxygen atoms in total. The number of pyridine rings is 1. The molecule has 0 amide bonds. The number of aryl methyl sites for hydroxylation is 1. The summed E-state index contributed by atoms with van der Waals surface area (Å²) in [4.78, 5) is 25.1. The van der Waals surface area contributed by atoms with Crippen molar-refractivity contribution in [2.45, 2.75) is 13.8 Å². The number of rotatable bonds is 6. The number of carbonyl (C=O) groups is 1. The summed E-state index contributed by atoms with van der Waals surface area (Å²) in [5, 5.41) is 25.9. The topological polar surface area (TPSA) is 125 Å². The molecule has 3 aromatic rings. The van der Waals surface area contributed by atoms with Crippen LogP contribution in [0.4, 0.5) is 11.5 Å². The second kappa shape index (κ2) is 7.70. The highest BCUT2D eigenvalue weighted by Gasteiger charge is 2.10. The number of carboxylic acids is 1. The number of hydrogen-bond donors (Lipinski definition) is 1. The Kier molecular flexibility index (Phi) is 5.16. The molecule has 0 saturated heterocycles. The van der Waals surface area contributed by atoms with Gasteiger partial charge in [0.05, 0.1) is 17.1 Å². The number of carbonyl (C=O) groups excluding carboxylic acids is 1. The largest absolute Gasteiger partial charge is 0.545 e. The molecule has 1 aromatic carbocycles. The van der Waals surface area contributed by atoms with E-state index in [4.69, 9.17) is 0 Å². The average molecular weight is 378 g/mol. The fraction of sp³-hybridized carbons (Fsp3) is 0.105. The van der Waals surface area contributed by atoms with E-state index in [1.807, 2.05) is 30.5 Å². The molecular weight excluding hydrogens is 362 g/mol. The maximum Gasteiger partial charge on any atom is 0.287 e. The highest BCUT2D eigenvalue weighted by atomic mass is 16.6. The van der Waals surface area contributed by atoms with Gasteiger partial charge in [-0.3, -0.25) is 15.5 Å². The zero-order chi connectivity index (χ0) is 20.3. The van der Waals surface area contributed by atoms with Crippen LogP contribution in [-0.4, -0.2) is 26.7 Å². The van der Waals surface area contributed by atoms with Gasteiger partial charge in [0.25, 0.3) is 5.69 Å². The van der Waals surface area contributed by atoms with E-state index >= 15 is 0 Å². The van der Waals surface area contributed by atoms with E-state index in [2.05, 4.69) is 15.5 Å². The van der Waals surface area contributed by atoms with Crippen molar-refractivity contribution in [1.29, 1.82) is 0 Å². The van der Waals surface area contributed by atoms with Gasteiger partial charge >= 0.3 is 0 Å². The van der Waals surface area contributed by atoms with Crippen molar-refractivity contribution in [2.75, 3.05) is 5.43 Å². The Labute approximate surface area is 160 Å². The van der Waals surface area contributed by atoms with E-state index in [0.29, 0.717) is 11.5 Å². The summed E-state index contributed by atoms with van der Waals surface area (Å²) in [7, 11) is 0. The maximum atomic E-state index is 11.1. The highest BCUT2D eigenvalue weighted by Crippen LogP contribution is 2.21. The van der Waals surface area contributed by atoms with Crippen LogP contribution in [0.2, 0.25) is 0 Å². The van der Waals surface area contributed by atoms with Crippen LogP contribution in [0.1, 0.15) is 27.3 Å². The van der Waals surface area contributed by atoms with Crippen molar-refractivity contribution in [2.24, 2.45) is 5.10 Å². The predicted octanol–water partition coefficient (Wildman–Crippen LogP) is 2.21. The SMILES string of the molecule is Cc1cc(/C=N\Nc2ccc([N+](=O)[O-])cn2)c(C)n1-c1cccc(C(=O)[O-])c1. The van der Waals surface area contributed by atoms with Gasteiger partial charge in [0.2, 0.25) is 0 Å². The van der Waals surface area contributed by atoms with Crippen molar-refractivity contribution in [3.8, 4) is 5.69 Å². The van der Waals surface area contributed by atoms with Gasteiger partial charge in [-0.25, -0.2) is 4.98 Å². The first-order chi connectivity index (χ1) is 13.4. The van der Waals surface area contributed by atoms with Crippen molar-refractivity contribution in [3.63, 3.8) is 0 Å². The van der Waals surface area contributed by atoms with Crippen LogP contribution in [0.15, 0.2) is 53.8 Å². The first-order valence-corrected chi connectivity index (χ1v) is 8.27. The molecule has 9 heteroatoms. The van der Waals surface area contributed by atoms with E-state index < -0.39 is 10.9 Å². The lowest BCUT2D eigenvalue weighted by atomic mass is 10.2. The normalized spacial score (nSPS) is 10.9. The van der Waals surface area contributed by atoms with Crippen LogP contribution in [0.5, 0.6) is 0 Å². The number of nitrogens with zero attached hydrogens (tertiary/aromatic N) is 4. The summed E-state index contributed by atoms with van der Waals surface area (Å²) in [5.74, 6) is -0.858. The molecule has 2 heterocycles.